The maximum Gasteiger partial charge on any atom is 0.0702 e. The Kier molecular flexibility index (Phi) is 4.58. The standard InChI is InChI=1S/C17H22N2S/c1-18-17(12-20-15-6-2-3-7-15)14-8-9-16-13(11-14)5-4-10-19-16/h4-5,8-11,15,17-18H,2-3,6-7,12H2,1H3. The molecule has 2 nitrogen and oxygen atoms in total. The van der Waals surface area contributed by atoms with Crippen molar-refractivity contribution in [2.24, 2.45) is 0 Å². The van der Waals surface area contributed by atoms with Crippen LogP contribution < -0.4 is 5.32 Å². The van der Waals surface area contributed by atoms with Crippen LogP contribution in [0.4, 0.5) is 0 Å². The molecule has 1 aliphatic rings. The summed E-state index contributed by atoms with van der Waals surface area (Å²) < 4.78 is 0. The Balaban J connectivity index is 1.72. The Hall–Kier alpha value is -1.06. The molecule has 0 aliphatic heterocycles. The number of rotatable bonds is 5. The minimum absolute atomic E-state index is 0.435. The van der Waals surface area contributed by atoms with E-state index in [4.69, 9.17) is 0 Å². The fourth-order valence-corrected chi connectivity index (χ4v) is 4.43. The first-order valence-corrected chi connectivity index (χ1v) is 8.55. The van der Waals surface area contributed by atoms with Crippen molar-refractivity contribution in [1.82, 2.24) is 10.3 Å². The molecule has 20 heavy (non-hydrogen) atoms. The van der Waals surface area contributed by atoms with Crippen molar-refractivity contribution < 1.29 is 0 Å². The van der Waals surface area contributed by atoms with Crippen molar-refractivity contribution >= 4 is 22.7 Å². The van der Waals surface area contributed by atoms with Gasteiger partial charge in [0, 0.05) is 28.6 Å². The van der Waals surface area contributed by atoms with Gasteiger partial charge in [-0.3, -0.25) is 4.98 Å². The molecule has 0 radical (unpaired) electrons. The lowest BCUT2D eigenvalue weighted by Crippen LogP contribution is -2.19. The van der Waals surface area contributed by atoms with E-state index in [2.05, 4.69) is 53.4 Å². The SMILES string of the molecule is CNC(CSC1CCCC1)c1ccc2ncccc2c1. The van der Waals surface area contributed by atoms with Crippen molar-refractivity contribution in [2.75, 3.05) is 12.8 Å². The summed E-state index contributed by atoms with van der Waals surface area (Å²) >= 11 is 2.14. The number of benzene rings is 1. The van der Waals surface area contributed by atoms with Crippen LogP contribution in [-0.2, 0) is 0 Å². The molecule has 1 aliphatic carbocycles. The van der Waals surface area contributed by atoms with Crippen molar-refractivity contribution in [2.45, 2.75) is 37.0 Å². The minimum Gasteiger partial charge on any atom is -0.312 e. The van der Waals surface area contributed by atoms with Crippen molar-refractivity contribution in [3.05, 3.63) is 42.1 Å². The van der Waals surface area contributed by atoms with E-state index in [1.54, 1.807) is 0 Å². The number of nitrogens with zero attached hydrogens (tertiary/aromatic N) is 1. The van der Waals surface area contributed by atoms with E-state index >= 15 is 0 Å². The van der Waals surface area contributed by atoms with Gasteiger partial charge in [-0.25, -0.2) is 0 Å². The molecule has 1 unspecified atom stereocenters. The molecule has 1 heterocycles. The normalized spacial score (nSPS) is 17.6. The van der Waals surface area contributed by atoms with Crippen LogP contribution in [0.25, 0.3) is 10.9 Å². The van der Waals surface area contributed by atoms with Gasteiger partial charge >= 0.3 is 0 Å². The summed E-state index contributed by atoms with van der Waals surface area (Å²) in [6, 6.07) is 11.2. The van der Waals surface area contributed by atoms with Gasteiger partial charge in [-0.2, -0.15) is 11.8 Å². The molecule has 2 aromatic rings. The molecule has 3 rings (SSSR count). The number of fused-ring (bicyclic) bond motifs is 1. The zero-order valence-electron chi connectivity index (χ0n) is 12.0. The monoisotopic (exact) mass is 286 g/mol. The van der Waals surface area contributed by atoms with Crippen molar-refractivity contribution in [3.8, 4) is 0 Å². The van der Waals surface area contributed by atoms with E-state index < -0.39 is 0 Å². The van der Waals surface area contributed by atoms with Gasteiger partial charge in [0.15, 0.2) is 0 Å². The van der Waals surface area contributed by atoms with E-state index in [0.717, 1.165) is 16.5 Å². The Morgan fingerprint density at radius 3 is 2.95 bits per heavy atom. The molecule has 1 atom stereocenters. The van der Waals surface area contributed by atoms with Crippen molar-refractivity contribution in [1.29, 1.82) is 0 Å². The molecule has 1 aromatic heterocycles. The van der Waals surface area contributed by atoms with Crippen LogP contribution in [0.2, 0.25) is 0 Å². The van der Waals surface area contributed by atoms with E-state index in [-0.39, 0.29) is 0 Å². The fraction of sp³-hybridized carbons (Fsp3) is 0.471. The Morgan fingerprint density at radius 2 is 2.15 bits per heavy atom. The Labute approximate surface area is 125 Å². The lowest BCUT2D eigenvalue weighted by molar-refractivity contribution is 0.660. The highest BCUT2D eigenvalue weighted by atomic mass is 32.2. The lowest BCUT2D eigenvalue weighted by atomic mass is 10.1. The topological polar surface area (TPSA) is 24.9 Å². The van der Waals surface area contributed by atoms with Crippen LogP contribution in [0.15, 0.2) is 36.5 Å². The predicted octanol–water partition coefficient (Wildman–Crippen LogP) is 4.17. The molecule has 0 bridgehead atoms. The molecule has 1 N–H and O–H groups in total. The first kappa shape index (κ1) is 13.9. The van der Waals surface area contributed by atoms with Crippen LogP contribution in [0.1, 0.15) is 37.3 Å². The fourth-order valence-electron chi connectivity index (χ4n) is 2.94. The summed E-state index contributed by atoms with van der Waals surface area (Å²) in [7, 11) is 2.06. The molecular formula is C17H22N2S. The molecule has 1 fully saturated rings. The number of hydrogen-bond acceptors (Lipinski definition) is 3. The van der Waals surface area contributed by atoms with Crippen molar-refractivity contribution in [3.63, 3.8) is 0 Å². The third kappa shape index (κ3) is 3.15. The molecule has 0 saturated heterocycles. The second-order valence-electron chi connectivity index (χ2n) is 5.54. The van der Waals surface area contributed by atoms with Crippen LogP contribution >= 0.6 is 11.8 Å². The lowest BCUT2D eigenvalue weighted by Gasteiger charge is -2.19. The van der Waals surface area contributed by atoms with Crippen LogP contribution in [0.5, 0.6) is 0 Å². The maximum atomic E-state index is 4.39. The summed E-state index contributed by atoms with van der Waals surface area (Å²) in [4.78, 5) is 4.39. The highest BCUT2D eigenvalue weighted by Gasteiger charge is 2.18. The van der Waals surface area contributed by atoms with Gasteiger partial charge in [0.1, 0.15) is 0 Å². The predicted molar refractivity (Wildman–Crippen MR) is 88.3 cm³/mol. The summed E-state index contributed by atoms with van der Waals surface area (Å²) in [5.74, 6) is 1.16. The van der Waals surface area contributed by atoms with Crippen LogP contribution in [0, 0.1) is 0 Å². The summed E-state index contributed by atoms with van der Waals surface area (Å²) in [5, 5.41) is 5.58. The second kappa shape index (κ2) is 6.59. The smallest absolute Gasteiger partial charge is 0.0702 e. The average molecular weight is 286 g/mol. The van der Waals surface area contributed by atoms with Gasteiger partial charge in [0.2, 0.25) is 0 Å². The third-order valence-corrected chi connectivity index (χ3v) is 5.65. The summed E-state index contributed by atoms with van der Waals surface area (Å²) in [5.41, 5.74) is 2.45. The molecule has 0 spiro atoms. The largest absolute Gasteiger partial charge is 0.312 e. The van der Waals surface area contributed by atoms with E-state index in [9.17, 15) is 0 Å². The minimum atomic E-state index is 0.435. The van der Waals surface area contributed by atoms with E-state index in [1.807, 2.05) is 12.3 Å². The second-order valence-corrected chi connectivity index (χ2v) is 6.87. The summed E-state index contributed by atoms with van der Waals surface area (Å²) in [6.45, 7) is 0. The third-order valence-electron chi connectivity index (χ3n) is 4.18. The molecule has 1 saturated carbocycles. The zero-order chi connectivity index (χ0) is 13.8. The number of aromatic nitrogens is 1. The van der Waals surface area contributed by atoms with Gasteiger partial charge in [0.05, 0.1) is 5.52 Å². The van der Waals surface area contributed by atoms with Gasteiger partial charge in [-0.1, -0.05) is 25.0 Å². The summed E-state index contributed by atoms with van der Waals surface area (Å²) in [6.07, 6.45) is 7.51. The number of nitrogens with one attached hydrogen (secondary N) is 1. The number of thioether (sulfide) groups is 1. The zero-order valence-corrected chi connectivity index (χ0v) is 12.8. The molecule has 106 valence electrons. The first-order chi connectivity index (χ1) is 9.86. The molecule has 3 heteroatoms. The first-order valence-electron chi connectivity index (χ1n) is 7.50. The van der Waals surface area contributed by atoms with Gasteiger partial charge < -0.3 is 5.32 Å². The van der Waals surface area contributed by atoms with Gasteiger partial charge in [-0.05, 0) is 43.7 Å². The highest BCUT2D eigenvalue weighted by molar-refractivity contribution is 7.99. The van der Waals surface area contributed by atoms with E-state index in [1.165, 1.54) is 36.6 Å². The quantitative estimate of drug-likeness (QED) is 0.893. The Morgan fingerprint density at radius 1 is 1.30 bits per heavy atom. The molecular weight excluding hydrogens is 264 g/mol. The van der Waals surface area contributed by atoms with E-state index in [0.29, 0.717) is 6.04 Å². The van der Waals surface area contributed by atoms with Gasteiger partial charge in [-0.15, -0.1) is 0 Å². The maximum absolute atomic E-state index is 4.39. The number of hydrogen-bond donors (Lipinski definition) is 1. The number of pyridine rings is 1. The van der Waals surface area contributed by atoms with Gasteiger partial charge in [0.25, 0.3) is 0 Å². The molecule has 0 amide bonds. The molecule has 1 aromatic carbocycles. The van der Waals surface area contributed by atoms with Crippen LogP contribution in [0.3, 0.4) is 0 Å². The highest BCUT2D eigenvalue weighted by Crippen LogP contribution is 2.32. The average Bonchev–Trinajstić information content (AvgIpc) is 3.01. The van der Waals surface area contributed by atoms with Crippen LogP contribution in [-0.4, -0.2) is 23.0 Å². The Bertz CT molecular complexity index is 564.